The van der Waals surface area contributed by atoms with Crippen molar-refractivity contribution < 1.29 is 23.0 Å². The summed E-state index contributed by atoms with van der Waals surface area (Å²) in [5, 5.41) is 18.6. The average molecular weight is 257 g/mol. The van der Waals surface area contributed by atoms with Gasteiger partial charge < -0.3 is 9.84 Å². The lowest BCUT2D eigenvalue weighted by Gasteiger charge is -2.35. The number of rotatable bonds is 2. The molecule has 0 heterocycles. The maximum absolute atomic E-state index is 12.0. The third-order valence-electron chi connectivity index (χ3n) is 3.16. The van der Waals surface area contributed by atoms with Gasteiger partial charge in [-0.05, 0) is 37.0 Å². The Labute approximate surface area is 101 Å². The molecule has 1 saturated carbocycles. The summed E-state index contributed by atoms with van der Waals surface area (Å²) < 4.78 is 39.7. The van der Waals surface area contributed by atoms with Crippen LogP contribution in [0.1, 0.15) is 24.8 Å². The van der Waals surface area contributed by atoms with Crippen molar-refractivity contribution in [2.24, 2.45) is 0 Å². The Morgan fingerprint density at radius 3 is 2.39 bits per heavy atom. The molecule has 0 amide bonds. The third-order valence-corrected chi connectivity index (χ3v) is 3.16. The first-order valence-electron chi connectivity index (χ1n) is 5.37. The normalized spacial score (nSPS) is 17.7. The minimum absolute atomic E-state index is 0.531. The summed E-state index contributed by atoms with van der Waals surface area (Å²) in [5.41, 5.74) is -0.142. The number of halogens is 3. The van der Waals surface area contributed by atoms with E-state index in [0.29, 0.717) is 18.4 Å². The topological polar surface area (TPSA) is 53.2 Å². The Hall–Kier alpha value is -1.90. The van der Waals surface area contributed by atoms with Gasteiger partial charge in [0.15, 0.2) is 11.5 Å². The zero-order valence-electron chi connectivity index (χ0n) is 9.29. The van der Waals surface area contributed by atoms with Crippen LogP contribution < -0.4 is 4.74 Å². The van der Waals surface area contributed by atoms with Crippen LogP contribution in [-0.2, 0) is 5.41 Å². The molecule has 1 aliphatic carbocycles. The van der Waals surface area contributed by atoms with Gasteiger partial charge in [0, 0.05) is 0 Å². The van der Waals surface area contributed by atoms with Crippen molar-refractivity contribution in [2.75, 3.05) is 0 Å². The van der Waals surface area contributed by atoms with Crippen LogP contribution in [0.15, 0.2) is 18.2 Å². The van der Waals surface area contributed by atoms with E-state index >= 15 is 0 Å². The fraction of sp³-hybridized carbons (Fsp3) is 0.417. The van der Waals surface area contributed by atoms with Gasteiger partial charge in [-0.25, -0.2) is 0 Å². The highest BCUT2D eigenvalue weighted by atomic mass is 19.4. The van der Waals surface area contributed by atoms with Gasteiger partial charge in [-0.3, -0.25) is 0 Å². The number of nitrogens with zero attached hydrogens (tertiary/aromatic N) is 1. The third kappa shape index (κ3) is 2.21. The lowest BCUT2D eigenvalue weighted by atomic mass is 9.65. The molecule has 18 heavy (non-hydrogen) atoms. The van der Waals surface area contributed by atoms with Crippen LogP contribution in [0, 0.1) is 11.3 Å². The maximum Gasteiger partial charge on any atom is 0.573 e. The predicted molar refractivity (Wildman–Crippen MR) is 55.9 cm³/mol. The molecule has 0 spiro atoms. The van der Waals surface area contributed by atoms with Crippen LogP contribution in [0.4, 0.5) is 13.2 Å². The molecule has 6 heteroatoms. The lowest BCUT2D eigenvalue weighted by Crippen LogP contribution is -2.32. The fourth-order valence-electron chi connectivity index (χ4n) is 2.02. The van der Waals surface area contributed by atoms with Gasteiger partial charge in [0.05, 0.1) is 11.5 Å². The molecule has 0 atom stereocenters. The number of phenolic OH excluding ortho intramolecular Hbond substituents is 1. The number of alkyl halides is 3. The molecule has 0 aliphatic heterocycles. The van der Waals surface area contributed by atoms with E-state index in [9.17, 15) is 18.3 Å². The van der Waals surface area contributed by atoms with E-state index in [4.69, 9.17) is 5.26 Å². The second kappa shape index (κ2) is 4.09. The number of aromatic hydroxyl groups is 1. The van der Waals surface area contributed by atoms with Crippen molar-refractivity contribution in [3.8, 4) is 17.6 Å². The average Bonchev–Trinajstić information content (AvgIpc) is 2.19. The van der Waals surface area contributed by atoms with Gasteiger partial charge in [-0.2, -0.15) is 5.26 Å². The van der Waals surface area contributed by atoms with Gasteiger partial charge >= 0.3 is 6.36 Å². The molecule has 0 unspecified atom stereocenters. The monoisotopic (exact) mass is 257 g/mol. The molecule has 1 aromatic carbocycles. The Morgan fingerprint density at radius 2 is 2.00 bits per heavy atom. The second-order valence-electron chi connectivity index (χ2n) is 4.28. The van der Waals surface area contributed by atoms with Gasteiger partial charge in [-0.1, -0.05) is 6.07 Å². The highest BCUT2D eigenvalue weighted by Gasteiger charge is 2.40. The summed E-state index contributed by atoms with van der Waals surface area (Å²) in [4.78, 5) is 0. The van der Waals surface area contributed by atoms with Gasteiger partial charge in [0.25, 0.3) is 0 Å². The number of nitriles is 1. The Balaban J connectivity index is 2.28. The largest absolute Gasteiger partial charge is 0.573 e. The van der Waals surface area contributed by atoms with Gasteiger partial charge in [-0.15, -0.1) is 13.2 Å². The smallest absolute Gasteiger partial charge is 0.504 e. The molecule has 1 aliphatic rings. The van der Waals surface area contributed by atoms with E-state index in [1.807, 2.05) is 0 Å². The van der Waals surface area contributed by atoms with Crippen LogP contribution in [0.2, 0.25) is 0 Å². The molecule has 2 rings (SSSR count). The molecule has 1 fully saturated rings. The van der Waals surface area contributed by atoms with Crippen LogP contribution in [0.5, 0.6) is 11.5 Å². The minimum atomic E-state index is -4.84. The second-order valence-corrected chi connectivity index (χ2v) is 4.28. The van der Waals surface area contributed by atoms with Crippen molar-refractivity contribution in [1.29, 1.82) is 5.26 Å². The number of hydrogen-bond donors (Lipinski definition) is 1. The summed E-state index contributed by atoms with van der Waals surface area (Å²) in [7, 11) is 0. The highest BCUT2D eigenvalue weighted by Crippen LogP contribution is 2.45. The molecule has 0 bridgehead atoms. The Bertz CT molecular complexity index is 501. The van der Waals surface area contributed by atoms with Crippen LogP contribution in [0.25, 0.3) is 0 Å². The minimum Gasteiger partial charge on any atom is -0.504 e. The van der Waals surface area contributed by atoms with Crippen LogP contribution >= 0.6 is 0 Å². The summed E-state index contributed by atoms with van der Waals surface area (Å²) in [6, 6.07) is 5.75. The van der Waals surface area contributed by atoms with E-state index in [1.165, 1.54) is 12.1 Å². The first-order valence-corrected chi connectivity index (χ1v) is 5.37. The maximum atomic E-state index is 12.0. The molecule has 96 valence electrons. The standard InChI is InChI=1S/C12H10F3NO2/c13-12(14,15)18-10-3-2-8(6-9(10)17)11(7-16)4-1-5-11/h2-3,6,17H,1,4-5H2. The molecular formula is C12H10F3NO2. The van der Waals surface area contributed by atoms with Crippen molar-refractivity contribution in [2.45, 2.75) is 31.0 Å². The zero-order valence-corrected chi connectivity index (χ0v) is 9.29. The number of ether oxygens (including phenoxy) is 1. The van der Waals surface area contributed by atoms with E-state index in [0.717, 1.165) is 12.5 Å². The molecular weight excluding hydrogens is 247 g/mol. The molecule has 1 N–H and O–H groups in total. The van der Waals surface area contributed by atoms with E-state index < -0.39 is 23.3 Å². The van der Waals surface area contributed by atoms with E-state index in [-0.39, 0.29) is 0 Å². The first kappa shape index (κ1) is 12.6. The molecule has 1 aromatic rings. The Morgan fingerprint density at radius 1 is 1.33 bits per heavy atom. The SMILES string of the molecule is N#CC1(c2ccc(OC(F)(F)F)c(O)c2)CCC1. The zero-order chi connectivity index (χ0) is 13.4. The van der Waals surface area contributed by atoms with E-state index in [1.54, 1.807) is 0 Å². The van der Waals surface area contributed by atoms with Gasteiger partial charge in [0.2, 0.25) is 0 Å². The van der Waals surface area contributed by atoms with Crippen molar-refractivity contribution in [1.82, 2.24) is 0 Å². The number of benzene rings is 1. The number of hydrogen-bond acceptors (Lipinski definition) is 3. The van der Waals surface area contributed by atoms with Crippen molar-refractivity contribution >= 4 is 0 Å². The van der Waals surface area contributed by atoms with Crippen molar-refractivity contribution in [3.63, 3.8) is 0 Å². The van der Waals surface area contributed by atoms with Crippen LogP contribution in [-0.4, -0.2) is 11.5 Å². The van der Waals surface area contributed by atoms with E-state index in [2.05, 4.69) is 10.8 Å². The Kier molecular flexibility index (Phi) is 2.85. The summed E-state index contributed by atoms with van der Waals surface area (Å²) >= 11 is 0. The summed E-state index contributed by atoms with van der Waals surface area (Å²) in [5.74, 6) is -1.26. The predicted octanol–water partition coefficient (Wildman–Crippen LogP) is 3.24. The molecule has 0 saturated heterocycles. The van der Waals surface area contributed by atoms with Crippen LogP contribution in [0.3, 0.4) is 0 Å². The molecule has 0 radical (unpaired) electrons. The van der Waals surface area contributed by atoms with Gasteiger partial charge in [0.1, 0.15) is 0 Å². The first-order chi connectivity index (χ1) is 8.36. The molecule has 0 aromatic heterocycles. The van der Waals surface area contributed by atoms with Crippen molar-refractivity contribution in [3.05, 3.63) is 23.8 Å². The lowest BCUT2D eigenvalue weighted by molar-refractivity contribution is -0.275. The fourth-order valence-corrected chi connectivity index (χ4v) is 2.02. The number of phenols is 1. The molecule has 3 nitrogen and oxygen atoms in total. The summed E-state index contributed by atoms with van der Waals surface area (Å²) in [6.07, 6.45) is -2.64. The quantitative estimate of drug-likeness (QED) is 0.884. The highest BCUT2D eigenvalue weighted by molar-refractivity contribution is 5.47. The summed E-state index contributed by atoms with van der Waals surface area (Å²) in [6.45, 7) is 0.